The zero-order valence-electron chi connectivity index (χ0n) is 8.97. The van der Waals surface area contributed by atoms with Crippen molar-refractivity contribution in [3.05, 3.63) is 47.0 Å². The van der Waals surface area contributed by atoms with Gasteiger partial charge in [0.2, 0.25) is 0 Å². The molecule has 5 nitrogen and oxygen atoms in total. The van der Waals surface area contributed by atoms with Gasteiger partial charge in [0, 0.05) is 0 Å². The van der Waals surface area contributed by atoms with Crippen molar-refractivity contribution < 1.29 is 24.2 Å². The molecule has 2 aromatic carbocycles. The molecule has 18 heavy (non-hydrogen) atoms. The van der Waals surface area contributed by atoms with Gasteiger partial charge in [-0.15, -0.1) is 0 Å². The van der Waals surface area contributed by atoms with Crippen molar-refractivity contribution >= 4 is 28.7 Å². The van der Waals surface area contributed by atoms with Crippen LogP contribution in [-0.2, 0) is 4.74 Å². The lowest BCUT2D eigenvalue weighted by Gasteiger charge is -2.01. The number of ether oxygens (including phenoxy) is 1. The Labute approximate surface area is 101 Å². The van der Waals surface area contributed by atoms with E-state index in [9.17, 15) is 14.4 Å². The van der Waals surface area contributed by atoms with Gasteiger partial charge in [0.15, 0.2) is 0 Å². The molecule has 0 amide bonds. The van der Waals surface area contributed by atoms with Crippen LogP contribution in [0.2, 0.25) is 0 Å². The van der Waals surface area contributed by atoms with Crippen molar-refractivity contribution in [1.82, 2.24) is 0 Å². The summed E-state index contributed by atoms with van der Waals surface area (Å²) in [7, 11) is 0. The third-order valence-corrected chi connectivity index (χ3v) is 2.85. The molecule has 2 aromatic rings. The van der Waals surface area contributed by atoms with E-state index in [1.807, 2.05) is 0 Å². The second-order valence-corrected chi connectivity index (χ2v) is 3.94. The summed E-state index contributed by atoms with van der Waals surface area (Å²) >= 11 is 0. The Bertz CT molecular complexity index is 729. The summed E-state index contributed by atoms with van der Waals surface area (Å²) in [5.41, 5.74) is 0.519. The van der Waals surface area contributed by atoms with Gasteiger partial charge in [-0.2, -0.15) is 0 Å². The summed E-state index contributed by atoms with van der Waals surface area (Å²) in [5.74, 6) is -2.41. The second kappa shape index (κ2) is 3.40. The molecule has 0 aromatic heterocycles. The fourth-order valence-corrected chi connectivity index (χ4v) is 1.96. The predicted molar refractivity (Wildman–Crippen MR) is 60.7 cm³/mol. The first-order chi connectivity index (χ1) is 8.56. The van der Waals surface area contributed by atoms with Crippen LogP contribution in [0.5, 0.6) is 0 Å². The largest absolute Gasteiger partial charge is 0.478 e. The predicted octanol–water partition coefficient (Wildman–Crippen LogP) is 1.85. The summed E-state index contributed by atoms with van der Waals surface area (Å²) in [6.07, 6.45) is 0. The average molecular weight is 242 g/mol. The van der Waals surface area contributed by atoms with E-state index in [4.69, 9.17) is 5.11 Å². The highest BCUT2D eigenvalue weighted by Gasteiger charge is 2.29. The van der Waals surface area contributed by atoms with Crippen LogP contribution < -0.4 is 0 Å². The van der Waals surface area contributed by atoms with Crippen LogP contribution in [0.1, 0.15) is 31.1 Å². The maximum Gasteiger partial charge on any atom is 0.346 e. The molecular formula is C13H6O5. The smallest absolute Gasteiger partial charge is 0.346 e. The normalized spacial score (nSPS) is 13.6. The third kappa shape index (κ3) is 1.37. The minimum atomic E-state index is -1.05. The Kier molecular flexibility index (Phi) is 1.98. The summed E-state index contributed by atoms with van der Waals surface area (Å²) in [4.78, 5) is 33.6. The Balaban J connectivity index is 2.30. The Hall–Kier alpha value is -2.69. The molecule has 0 unspecified atom stereocenters. The molecule has 0 saturated carbocycles. The number of carboxylic acids is 1. The monoisotopic (exact) mass is 242 g/mol. The molecule has 0 atom stereocenters. The zero-order chi connectivity index (χ0) is 12.9. The molecule has 1 aliphatic rings. The van der Waals surface area contributed by atoms with E-state index in [2.05, 4.69) is 4.74 Å². The van der Waals surface area contributed by atoms with Gasteiger partial charge in [-0.05, 0) is 35.0 Å². The van der Waals surface area contributed by atoms with Gasteiger partial charge < -0.3 is 9.84 Å². The van der Waals surface area contributed by atoms with Gasteiger partial charge in [0.25, 0.3) is 0 Å². The van der Waals surface area contributed by atoms with Crippen molar-refractivity contribution in [3.63, 3.8) is 0 Å². The summed E-state index contributed by atoms with van der Waals surface area (Å²) in [6, 6.07) is 7.50. The number of esters is 2. The van der Waals surface area contributed by atoms with Crippen LogP contribution in [0, 0.1) is 0 Å². The maximum absolute atomic E-state index is 11.4. The number of carboxylic acid groups (broad SMARTS) is 1. The minimum absolute atomic E-state index is 0.125. The highest BCUT2D eigenvalue weighted by Crippen LogP contribution is 2.26. The summed E-state index contributed by atoms with van der Waals surface area (Å²) in [6.45, 7) is 0. The Morgan fingerprint density at radius 1 is 0.944 bits per heavy atom. The zero-order valence-corrected chi connectivity index (χ0v) is 8.97. The number of hydrogen-bond acceptors (Lipinski definition) is 4. The molecule has 0 bridgehead atoms. The molecule has 1 N–H and O–H groups in total. The van der Waals surface area contributed by atoms with Crippen molar-refractivity contribution in [1.29, 1.82) is 0 Å². The molecule has 0 fully saturated rings. The number of cyclic esters (lactones) is 2. The Morgan fingerprint density at radius 2 is 1.56 bits per heavy atom. The minimum Gasteiger partial charge on any atom is -0.478 e. The van der Waals surface area contributed by atoms with Crippen LogP contribution in [-0.4, -0.2) is 23.0 Å². The topological polar surface area (TPSA) is 80.7 Å². The van der Waals surface area contributed by atoms with E-state index >= 15 is 0 Å². The average Bonchev–Trinajstić information content (AvgIpc) is 2.61. The van der Waals surface area contributed by atoms with E-state index in [-0.39, 0.29) is 16.7 Å². The van der Waals surface area contributed by atoms with Gasteiger partial charge in [0.05, 0.1) is 16.7 Å². The number of benzene rings is 2. The molecule has 1 heterocycles. The van der Waals surface area contributed by atoms with Crippen molar-refractivity contribution in [2.24, 2.45) is 0 Å². The maximum atomic E-state index is 11.4. The number of carbonyl (C=O) groups is 3. The number of carbonyl (C=O) groups excluding carboxylic acids is 2. The van der Waals surface area contributed by atoms with Crippen molar-refractivity contribution in [2.75, 3.05) is 0 Å². The van der Waals surface area contributed by atoms with E-state index in [1.54, 1.807) is 6.07 Å². The Morgan fingerprint density at radius 3 is 2.17 bits per heavy atom. The molecule has 0 radical (unpaired) electrons. The van der Waals surface area contributed by atoms with E-state index in [1.165, 1.54) is 24.3 Å². The third-order valence-electron chi connectivity index (χ3n) is 2.85. The number of hydrogen-bond donors (Lipinski definition) is 1. The second-order valence-electron chi connectivity index (χ2n) is 3.94. The van der Waals surface area contributed by atoms with E-state index in [0.29, 0.717) is 10.8 Å². The molecular weight excluding hydrogens is 236 g/mol. The molecule has 5 heteroatoms. The summed E-state index contributed by atoms with van der Waals surface area (Å²) in [5, 5.41) is 10.2. The molecule has 0 aliphatic carbocycles. The lowest BCUT2D eigenvalue weighted by atomic mass is 10.0. The van der Waals surface area contributed by atoms with Gasteiger partial charge in [-0.25, -0.2) is 14.4 Å². The van der Waals surface area contributed by atoms with Crippen LogP contribution in [0.25, 0.3) is 10.8 Å². The molecule has 1 aliphatic heterocycles. The van der Waals surface area contributed by atoms with Gasteiger partial charge in [-0.3, -0.25) is 0 Å². The quantitative estimate of drug-likeness (QED) is 0.609. The van der Waals surface area contributed by atoms with Crippen molar-refractivity contribution in [3.8, 4) is 0 Å². The van der Waals surface area contributed by atoms with Crippen molar-refractivity contribution in [2.45, 2.75) is 0 Å². The lowest BCUT2D eigenvalue weighted by molar-refractivity contribution is 0.0443. The van der Waals surface area contributed by atoms with Crippen LogP contribution >= 0.6 is 0 Å². The molecule has 0 spiro atoms. The highest BCUT2D eigenvalue weighted by atomic mass is 16.6. The van der Waals surface area contributed by atoms with Gasteiger partial charge in [0.1, 0.15) is 0 Å². The number of fused-ring (bicyclic) bond motifs is 2. The first-order valence-electron chi connectivity index (χ1n) is 5.14. The van der Waals surface area contributed by atoms with Crippen LogP contribution in [0.4, 0.5) is 0 Å². The first-order valence-corrected chi connectivity index (χ1v) is 5.14. The molecule has 88 valence electrons. The fraction of sp³-hybridized carbons (Fsp3) is 0. The highest BCUT2D eigenvalue weighted by molar-refractivity contribution is 6.17. The fourth-order valence-electron chi connectivity index (χ4n) is 1.96. The SMILES string of the molecule is O=C(O)c1ccc2cc3c(cc2c1)C(=O)OC3=O. The molecule has 0 saturated heterocycles. The summed E-state index contributed by atoms with van der Waals surface area (Å²) < 4.78 is 4.49. The van der Waals surface area contributed by atoms with Crippen LogP contribution in [0.15, 0.2) is 30.3 Å². The number of aromatic carboxylic acids is 1. The van der Waals surface area contributed by atoms with Gasteiger partial charge >= 0.3 is 17.9 Å². The lowest BCUT2D eigenvalue weighted by Crippen LogP contribution is -1.97. The van der Waals surface area contributed by atoms with Crippen LogP contribution in [0.3, 0.4) is 0 Å². The van der Waals surface area contributed by atoms with E-state index in [0.717, 1.165) is 0 Å². The first kappa shape index (κ1) is 10.5. The standard InChI is InChI=1S/C13H6O5/c14-11(15)7-2-1-6-4-9-10(5-8(6)3-7)13(17)18-12(9)16/h1-5H,(H,14,15). The van der Waals surface area contributed by atoms with E-state index < -0.39 is 17.9 Å². The van der Waals surface area contributed by atoms with Gasteiger partial charge in [-0.1, -0.05) is 6.07 Å². The molecule has 3 rings (SSSR count). The number of rotatable bonds is 1.